The molecule has 0 bridgehead atoms. The molecule has 0 spiro atoms. The predicted molar refractivity (Wildman–Crippen MR) is 60.4 cm³/mol. The SMILES string of the molecule is N#Cc1cccc([C-]2CCCCS2=O)c1.[Li+]. The Bertz CT molecular complexity index is 427. The van der Waals surface area contributed by atoms with Crippen molar-refractivity contribution in [2.45, 2.75) is 19.3 Å². The van der Waals surface area contributed by atoms with Crippen molar-refractivity contribution >= 4 is 10.8 Å². The Hall–Kier alpha value is -0.673. The van der Waals surface area contributed by atoms with E-state index in [-0.39, 0.29) is 18.9 Å². The van der Waals surface area contributed by atoms with Crippen molar-refractivity contribution < 1.29 is 23.1 Å². The summed E-state index contributed by atoms with van der Waals surface area (Å²) >= 11 is 0. The van der Waals surface area contributed by atoms with Gasteiger partial charge in [-0.2, -0.15) is 16.9 Å². The summed E-state index contributed by atoms with van der Waals surface area (Å²) in [5.74, 6) is 0.770. The van der Waals surface area contributed by atoms with Crippen molar-refractivity contribution in [2.75, 3.05) is 5.75 Å². The molecule has 1 aromatic carbocycles. The van der Waals surface area contributed by atoms with Crippen LogP contribution < -0.4 is 18.9 Å². The smallest absolute Gasteiger partial charge is 0.268 e. The third-order valence-corrected chi connectivity index (χ3v) is 4.22. The van der Waals surface area contributed by atoms with Gasteiger partial charge in [-0.3, -0.25) is 4.21 Å². The van der Waals surface area contributed by atoms with E-state index in [1.165, 1.54) is 0 Å². The molecule has 2 nitrogen and oxygen atoms in total. The Morgan fingerprint density at radius 2 is 2.19 bits per heavy atom. The molecule has 1 aliphatic heterocycles. The first-order valence-corrected chi connectivity index (χ1v) is 6.38. The second-order valence-electron chi connectivity index (χ2n) is 3.62. The average molecular weight is 225 g/mol. The number of rotatable bonds is 1. The van der Waals surface area contributed by atoms with E-state index < -0.39 is 10.8 Å². The van der Waals surface area contributed by atoms with Gasteiger partial charge in [0.1, 0.15) is 0 Å². The minimum Gasteiger partial charge on any atom is -0.268 e. The van der Waals surface area contributed by atoms with Crippen molar-refractivity contribution in [2.24, 2.45) is 0 Å². The van der Waals surface area contributed by atoms with Gasteiger partial charge in [-0.15, -0.1) is 12.1 Å². The van der Waals surface area contributed by atoms with Crippen LogP contribution in [0.3, 0.4) is 0 Å². The number of nitrogens with zero attached hydrogens (tertiary/aromatic N) is 1. The van der Waals surface area contributed by atoms with Gasteiger partial charge in [-0.1, -0.05) is 24.2 Å². The van der Waals surface area contributed by atoms with Crippen LogP contribution >= 0.6 is 0 Å². The Balaban J connectivity index is 0.00000128. The molecule has 1 unspecified atom stereocenters. The van der Waals surface area contributed by atoms with E-state index in [2.05, 4.69) is 6.07 Å². The first-order valence-electron chi connectivity index (χ1n) is 5.06. The van der Waals surface area contributed by atoms with Gasteiger partial charge in [0, 0.05) is 5.75 Å². The molecule has 0 amide bonds. The van der Waals surface area contributed by atoms with Crippen molar-refractivity contribution in [1.82, 2.24) is 0 Å². The molecule has 0 aromatic heterocycles. The molecule has 1 atom stereocenters. The quantitative estimate of drug-likeness (QED) is 0.472. The van der Waals surface area contributed by atoms with Gasteiger partial charge in [0.25, 0.3) is 0 Å². The van der Waals surface area contributed by atoms with Crippen LogP contribution in [-0.2, 0) is 10.8 Å². The summed E-state index contributed by atoms with van der Waals surface area (Å²) in [6, 6.07) is 9.51. The van der Waals surface area contributed by atoms with E-state index in [0.29, 0.717) is 5.56 Å². The normalized spacial score (nSPS) is 19.7. The van der Waals surface area contributed by atoms with Crippen LogP contribution in [0, 0.1) is 16.6 Å². The average Bonchev–Trinajstić information content (AvgIpc) is 2.30. The fraction of sp³-hybridized carbons (Fsp3) is 0.333. The van der Waals surface area contributed by atoms with Gasteiger partial charge >= 0.3 is 18.9 Å². The van der Waals surface area contributed by atoms with Gasteiger partial charge in [0.2, 0.25) is 0 Å². The molecule has 1 heterocycles. The van der Waals surface area contributed by atoms with Crippen molar-refractivity contribution in [3.63, 3.8) is 0 Å². The molecular formula is C12H12LiNOS. The van der Waals surface area contributed by atoms with Crippen LogP contribution in [0.5, 0.6) is 0 Å². The fourth-order valence-corrected chi connectivity index (χ4v) is 3.27. The first kappa shape index (κ1) is 13.4. The maximum absolute atomic E-state index is 11.8. The molecule has 0 aliphatic carbocycles. The van der Waals surface area contributed by atoms with Gasteiger partial charge in [-0.25, -0.2) is 0 Å². The molecule has 1 fully saturated rings. The molecule has 16 heavy (non-hydrogen) atoms. The van der Waals surface area contributed by atoms with E-state index in [9.17, 15) is 4.21 Å². The van der Waals surface area contributed by atoms with Crippen molar-refractivity contribution in [1.29, 1.82) is 5.26 Å². The van der Waals surface area contributed by atoms with Gasteiger partial charge in [0.05, 0.1) is 6.07 Å². The Morgan fingerprint density at radius 3 is 2.88 bits per heavy atom. The zero-order valence-electron chi connectivity index (χ0n) is 9.40. The Labute approximate surface area is 111 Å². The van der Waals surface area contributed by atoms with E-state index >= 15 is 0 Å². The summed E-state index contributed by atoms with van der Waals surface area (Å²) in [5.41, 5.74) is 1.62. The number of nitriles is 1. The summed E-state index contributed by atoms with van der Waals surface area (Å²) in [5, 5.41) is 9.80. The fourth-order valence-electron chi connectivity index (χ4n) is 1.79. The summed E-state index contributed by atoms with van der Waals surface area (Å²) in [4.78, 5) is 0. The van der Waals surface area contributed by atoms with Gasteiger partial charge in [0.15, 0.2) is 0 Å². The predicted octanol–water partition coefficient (Wildman–Crippen LogP) is -0.625. The van der Waals surface area contributed by atoms with Crippen LogP contribution in [-0.4, -0.2) is 9.96 Å². The Morgan fingerprint density at radius 1 is 1.38 bits per heavy atom. The number of benzene rings is 1. The topological polar surface area (TPSA) is 40.9 Å². The first-order chi connectivity index (χ1) is 7.31. The maximum Gasteiger partial charge on any atom is 1.00 e. The molecule has 0 N–H and O–H groups in total. The standard InChI is InChI=1S/C12H12NOS.Li/c13-9-10-4-3-5-11(8-10)12-6-1-2-7-15(12)14;/h3-5,8H,1-2,6-7H2;/q-1;+1. The molecule has 4 heteroatoms. The summed E-state index contributed by atoms with van der Waals surface area (Å²) in [7, 11) is -0.832. The monoisotopic (exact) mass is 225 g/mol. The zero-order chi connectivity index (χ0) is 10.7. The van der Waals surface area contributed by atoms with E-state index in [1.54, 1.807) is 6.07 Å². The molecule has 0 radical (unpaired) electrons. The molecule has 1 aliphatic rings. The third kappa shape index (κ3) is 2.92. The second kappa shape index (κ2) is 6.16. The molecule has 0 saturated carbocycles. The molecule has 1 saturated heterocycles. The van der Waals surface area contributed by atoms with Gasteiger partial charge in [-0.05, 0) is 22.8 Å². The van der Waals surface area contributed by atoms with E-state index in [1.807, 2.05) is 18.2 Å². The van der Waals surface area contributed by atoms with Gasteiger partial charge < -0.3 is 0 Å². The summed E-state index contributed by atoms with van der Waals surface area (Å²) < 4.78 is 11.8. The largest absolute Gasteiger partial charge is 1.00 e. The molecule has 2 rings (SSSR count). The van der Waals surface area contributed by atoms with Crippen LogP contribution in [0.4, 0.5) is 0 Å². The summed E-state index contributed by atoms with van der Waals surface area (Å²) in [6.45, 7) is 0. The van der Waals surface area contributed by atoms with E-state index in [0.717, 1.165) is 35.8 Å². The molecule has 78 valence electrons. The van der Waals surface area contributed by atoms with Crippen LogP contribution in [0.1, 0.15) is 30.4 Å². The van der Waals surface area contributed by atoms with Crippen LogP contribution in [0.25, 0.3) is 0 Å². The van der Waals surface area contributed by atoms with Crippen LogP contribution in [0.2, 0.25) is 0 Å². The Kier molecular flexibility index (Phi) is 5.16. The maximum atomic E-state index is 11.8. The number of hydrogen-bond acceptors (Lipinski definition) is 2. The minimum absolute atomic E-state index is 0. The van der Waals surface area contributed by atoms with Crippen molar-refractivity contribution in [3.05, 3.63) is 40.6 Å². The zero-order valence-corrected chi connectivity index (χ0v) is 10.2. The molecule has 1 aromatic rings. The second-order valence-corrected chi connectivity index (χ2v) is 5.21. The van der Waals surface area contributed by atoms with Crippen LogP contribution in [0.15, 0.2) is 24.3 Å². The number of hydrogen-bond donors (Lipinski definition) is 0. The molecular weight excluding hydrogens is 213 g/mol. The summed E-state index contributed by atoms with van der Waals surface area (Å²) in [6.07, 6.45) is 3.06. The van der Waals surface area contributed by atoms with Crippen molar-refractivity contribution in [3.8, 4) is 6.07 Å². The third-order valence-electron chi connectivity index (χ3n) is 2.57. The minimum atomic E-state index is -0.832. The van der Waals surface area contributed by atoms with E-state index in [4.69, 9.17) is 5.26 Å².